The first-order valence-corrected chi connectivity index (χ1v) is 8.62. The summed E-state index contributed by atoms with van der Waals surface area (Å²) in [5.41, 5.74) is 6.55. The second-order valence-electron chi connectivity index (χ2n) is 6.73. The molecule has 7 nitrogen and oxygen atoms in total. The van der Waals surface area contributed by atoms with Crippen molar-refractivity contribution in [3.05, 3.63) is 29.8 Å². The van der Waals surface area contributed by atoms with Gasteiger partial charge in [0.05, 0.1) is 25.6 Å². The van der Waals surface area contributed by atoms with Gasteiger partial charge in [0.2, 0.25) is 11.8 Å². The number of primary amides is 1. The average molecular weight is 347 g/mol. The van der Waals surface area contributed by atoms with E-state index < -0.39 is 0 Å². The molecule has 2 fully saturated rings. The molecule has 0 saturated carbocycles. The van der Waals surface area contributed by atoms with Gasteiger partial charge in [-0.1, -0.05) is 12.1 Å². The van der Waals surface area contributed by atoms with Gasteiger partial charge in [-0.3, -0.25) is 14.5 Å². The molecule has 25 heavy (non-hydrogen) atoms. The van der Waals surface area contributed by atoms with Gasteiger partial charge in [0.15, 0.2) is 0 Å². The molecule has 0 aliphatic carbocycles. The van der Waals surface area contributed by atoms with E-state index in [4.69, 9.17) is 15.6 Å². The zero-order valence-corrected chi connectivity index (χ0v) is 14.4. The summed E-state index contributed by atoms with van der Waals surface area (Å²) in [6.45, 7) is 1.81. The van der Waals surface area contributed by atoms with Crippen molar-refractivity contribution in [2.24, 2.45) is 11.7 Å². The van der Waals surface area contributed by atoms with Gasteiger partial charge in [-0.15, -0.1) is 0 Å². The Morgan fingerprint density at radius 2 is 2.08 bits per heavy atom. The first-order chi connectivity index (χ1) is 12.0. The Hall–Kier alpha value is -2.12. The van der Waals surface area contributed by atoms with E-state index in [-0.39, 0.29) is 36.4 Å². The molecule has 2 amide bonds. The van der Waals surface area contributed by atoms with Crippen LogP contribution in [0.4, 0.5) is 0 Å². The Morgan fingerprint density at radius 3 is 2.68 bits per heavy atom. The Bertz CT molecular complexity index is 634. The number of ether oxygens (including phenoxy) is 1. The van der Waals surface area contributed by atoms with E-state index in [1.807, 2.05) is 34.1 Å². The number of nitrogens with zero attached hydrogens (tertiary/aromatic N) is 2. The van der Waals surface area contributed by atoms with E-state index in [0.717, 1.165) is 11.3 Å². The van der Waals surface area contributed by atoms with Crippen molar-refractivity contribution >= 4 is 11.8 Å². The van der Waals surface area contributed by atoms with Gasteiger partial charge in [-0.25, -0.2) is 0 Å². The third-order valence-electron chi connectivity index (χ3n) is 5.17. The van der Waals surface area contributed by atoms with Crippen molar-refractivity contribution in [2.75, 3.05) is 33.4 Å². The molecule has 0 radical (unpaired) electrons. The van der Waals surface area contributed by atoms with Crippen molar-refractivity contribution < 1.29 is 19.4 Å². The predicted octanol–water partition coefficient (Wildman–Crippen LogP) is 0.137. The molecule has 0 aromatic heterocycles. The van der Waals surface area contributed by atoms with Gasteiger partial charge >= 0.3 is 0 Å². The second-order valence-corrected chi connectivity index (χ2v) is 6.73. The molecule has 0 bridgehead atoms. The summed E-state index contributed by atoms with van der Waals surface area (Å²) in [7, 11) is 1.60. The molecular formula is C18H25N3O4. The Balaban J connectivity index is 1.86. The standard InChI is InChI=1S/C18H25N3O4/c1-25-14-5-3-12(4-6-14)17-15(18(19)24)9-13-10-20(7-2-8-22)11-16(23)21(13)17/h3-6,13,15,17,22H,2,7-11H2,1H3,(H2,19,24)/t13-,15-,17-/m1/s1. The number of aliphatic hydroxyl groups excluding tert-OH is 1. The van der Waals surface area contributed by atoms with Crippen LogP contribution in [0.15, 0.2) is 24.3 Å². The minimum absolute atomic E-state index is 0.0127. The van der Waals surface area contributed by atoms with Crippen LogP contribution >= 0.6 is 0 Å². The quantitative estimate of drug-likeness (QED) is 0.763. The number of nitrogens with two attached hydrogens (primary N) is 1. The number of piperazine rings is 1. The molecule has 0 spiro atoms. The molecule has 1 aromatic rings. The summed E-state index contributed by atoms with van der Waals surface area (Å²) < 4.78 is 5.19. The molecule has 2 saturated heterocycles. The maximum Gasteiger partial charge on any atom is 0.237 e. The lowest BCUT2D eigenvalue weighted by atomic mass is 9.92. The van der Waals surface area contributed by atoms with E-state index in [9.17, 15) is 9.59 Å². The van der Waals surface area contributed by atoms with E-state index in [1.54, 1.807) is 7.11 Å². The average Bonchev–Trinajstić information content (AvgIpc) is 3.00. The highest BCUT2D eigenvalue weighted by molar-refractivity contribution is 5.84. The van der Waals surface area contributed by atoms with Crippen LogP contribution in [0.2, 0.25) is 0 Å². The topological polar surface area (TPSA) is 96.1 Å². The molecule has 7 heteroatoms. The zero-order valence-electron chi connectivity index (χ0n) is 14.4. The highest BCUT2D eigenvalue weighted by atomic mass is 16.5. The van der Waals surface area contributed by atoms with Crippen molar-refractivity contribution in [3.8, 4) is 5.75 Å². The van der Waals surface area contributed by atoms with Crippen LogP contribution in [0.3, 0.4) is 0 Å². The van der Waals surface area contributed by atoms with Crippen LogP contribution in [0, 0.1) is 5.92 Å². The number of aliphatic hydroxyl groups is 1. The van der Waals surface area contributed by atoms with Gasteiger partial charge in [0.25, 0.3) is 0 Å². The molecule has 3 rings (SSSR count). The SMILES string of the molecule is COc1ccc([C@@H]2[C@H](C(N)=O)C[C@@H]3CN(CCCO)CC(=O)N32)cc1. The third-order valence-corrected chi connectivity index (χ3v) is 5.17. The van der Waals surface area contributed by atoms with Crippen molar-refractivity contribution in [2.45, 2.75) is 24.9 Å². The maximum absolute atomic E-state index is 12.8. The van der Waals surface area contributed by atoms with Crippen LogP contribution in [0.1, 0.15) is 24.4 Å². The zero-order chi connectivity index (χ0) is 18.0. The molecule has 2 heterocycles. The molecule has 1 aromatic carbocycles. The van der Waals surface area contributed by atoms with Crippen LogP contribution in [0.25, 0.3) is 0 Å². The lowest BCUT2D eigenvalue weighted by Crippen LogP contribution is -2.54. The Morgan fingerprint density at radius 1 is 1.36 bits per heavy atom. The van der Waals surface area contributed by atoms with E-state index in [2.05, 4.69) is 0 Å². The van der Waals surface area contributed by atoms with E-state index >= 15 is 0 Å². The number of fused-ring (bicyclic) bond motifs is 1. The fraction of sp³-hybridized carbons (Fsp3) is 0.556. The van der Waals surface area contributed by atoms with Gasteiger partial charge < -0.3 is 20.5 Å². The normalized spacial score (nSPS) is 26.6. The van der Waals surface area contributed by atoms with Crippen LogP contribution in [0.5, 0.6) is 5.75 Å². The second kappa shape index (κ2) is 7.41. The summed E-state index contributed by atoms with van der Waals surface area (Å²) in [4.78, 5) is 28.7. The molecule has 136 valence electrons. The summed E-state index contributed by atoms with van der Waals surface area (Å²) in [5.74, 6) is -0.0158. The number of carbonyl (C=O) groups excluding carboxylic acids is 2. The summed E-state index contributed by atoms with van der Waals surface area (Å²) in [6, 6.07) is 7.12. The minimum atomic E-state index is -0.389. The molecule has 3 N–H and O–H groups in total. The van der Waals surface area contributed by atoms with Gasteiger partial charge in [-0.05, 0) is 30.5 Å². The largest absolute Gasteiger partial charge is 0.497 e. The third kappa shape index (κ3) is 3.48. The van der Waals surface area contributed by atoms with Gasteiger partial charge in [0.1, 0.15) is 5.75 Å². The number of hydrogen-bond acceptors (Lipinski definition) is 5. The summed E-state index contributed by atoms with van der Waals surface area (Å²) >= 11 is 0. The number of hydrogen-bond donors (Lipinski definition) is 2. The number of benzene rings is 1. The minimum Gasteiger partial charge on any atom is -0.497 e. The fourth-order valence-corrected chi connectivity index (χ4v) is 4.04. The van der Waals surface area contributed by atoms with Crippen LogP contribution < -0.4 is 10.5 Å². The monoisotopic (exact) mass is 347 g/mol. The Kier molecular flexibility index (Phi) is 5.24. The highest BCUT2D eigenvalue weighted by Gasteiger charge is 2.49. The lowest BCUT2D eigenvalue weighted by molar-refractivity contribution is -0.140. The molecule has 3 atom stereocenters. The lowest BCUT2D eigenvalue weighted by Gasteiger charge is -2.40. The Labute approximate surface area is 147 Å². The smallest absolute Gasteiger partial charge is 0.237 e. The van der Waals surface area contributed by atoms with Crippen molar-refractivity contribution in [3.63, 3.8) is 0 Å². The van der Waals surface area contributed by atoms with E-state index in [1.165, 1.54) is 0 Å². The molecule has 2 aliphatic rings. The summed E-state index contributed by atoms with van der Waals surface area (Å²) in [6.07, 6.45) is 1.22. The number of rotatable bonds is 6. The number of methoxy groups -OCH3 is 1. The molecule has 2 aliphatic heterocycles. The molecule has 0 unspecified atom stereocenters. The highest BCUT2D eigenvalue weighted by Crippen LogP contribution is 2.43. The fourth-order valence-electron chi connectivity index (χ4n) is 4.04. The first kappa shape index (κ1) is 17.7. The first-order valence-electron chi connectivity index (χ1n) is 8.62. The van der Waals surface area contributed by atoms with Crippen LogP contribution in [-0.4, -0.2) is 66.1 Å². The summed E-state index contributed by atoms with van der Waals surface area (Å²) in [5, 5.41) is 9.01. The predicted molar refractivity (Wildman–Crippen MR) is 91.8 cm³/mol. The van der Waals surface area contributed by atoms with Gasteiger partial charge in [0, 0.05) is 25.7 Å². The number of carbonyl (C=O) groups is 2. The van der Waals surface area contributed by atoms with Crippen LogP contribution in [-0.2, 0) is 9.59 Å². The maximum atomic E-state index is 12.8. The van der Waals surface area contributed by atoms with Gasteiger partial charge in [-0.2, -0.15) is 0 Å². The molecular weight excluding hydrogens is 322 g/mol. The number of amides is 2. The van der Waals surface area contributed by atoms with Crippen molar-refractivity contribution in [1.29, 1.82) is 0 Å². The van der Waals surface area contributed by atoms with E-state index in [0.29, 0.717) is 32.5 Å². The van der Waals surface area contributed by atoms with Crippen molar-refractivity contribution in [1.82, 2.24) is 9.80 Å².